The van der Waals surface area contributed by atoms with E-state index in [1.165, 1.54) is 16.7 Å². The number of alkyl halides is 3. The van der Waals surface area contributed by atoms with E-state index in [-0.39, 0.29) is 13.2 Å². The molecular formula is C26H36F3N3O7S. The Hall–Kier alpha value is -3.03. The molecule has 1 unspecified atom stereocenters. The first-order valence-electron chi connectivity index (χ1n) is 12.9. The second-order valence-electron chi connectivity index (χ2n) is 10.7. The summed E-state index contributed by atoms with van der Waals surface area (Å²) in [6, 6.07) is -0.0752. The number of nitro benzene ring substituents is 1. The minimum absolute atomic E-state index is 0.0324. The summed E-state index contributed by atoms with van der Waals surface area (Å²) in [6.45, 7) is 11.7. The molecule has 0 N–H and O–H groups in total. The number of amides is 2. The molecular weight excluding hydrogens is 555 g/mol. The average molecular weight is 592 g/mol. The average Bonchev–Trinajstić information content (AvgIpc) is 2.82. The van der Waals surface area contributed by atoms with Gasteiger partial charge in [0.1, 0.15) is 10.9 Å². The number of rotatable bonds is 8. The van der Waals surface area contributed by atoms with Gasteiger partial charge in [0.05, 0.1) is 33.6 Å². The van der Waals surface area contributed by atoms with Crippen LogP contribution < -0.4 is 0 Å². The highest BCUT2D eigenvalue weighted by Crippen LogP contribution is 2.41. The Morgan fingerprint density at radius 2 is 1.82 bits per heavy atom. The molecule has 2 rings (SSSR count). The molecule has 1 aliphatic rings. The van der Waals surface area contributed by atoms with Gasteiger partial charge in [-0.3, -0.25) is 19.7 Å². The van der Waals surface area contributed by atoms with Crippen LogP contribution in [0.4, 0.5) is 23.7 Å². The molecule has 40 heavy (non-hydrogen) atoms. The smallest absolute Gasteiger partial charge is 0.417 e. The minimum atomic E-state index is -5.03. The van der Waals surface area contributed by atoms with E-state index in [9.17, 15) is 37.7 Å². The third kappa shape index (κ3) is 8.48. The Balaban J connectivity index is 2.54. The van der Waals surface area contributed by atoms with E-state index in [1.807, 2.05) is 0 Å². The number of ether oxygens (including phenoxy) is 2. The summed E-state index contributed by atoms with van der Waals surface area (Å²) in [7, 11) is 0. The number of nitro groups is 1. The molecule has 0 bridgehead atoms. The van der Waals surface area contributed by atoms with E-state index < -0.39 is 73.7 Å². The Bertz CT molecular complexity index is 1120. The Kier molecular flexibility index (Phi) is 10.9. The van der Waals surface area contributed by atoms with Crippen molar-refractivity contribution in [2.75, 3.05) is 19.7 Å². The van der Waals surface area contributed by atoms with Crippen LogP contribution in [0.5, 0.6) is 0 Å². The summed E-state index contributed by atoms with van der Waals surface area (Å²) in [5, 5.41) is 10.9. The van der Waals surface area contributed by atoms with Crippen molar-refractivity contribution in [1.82, 2.24) is 9.80 Å². The maximum absolute atomic E-state index is 14.3. The highest BCUT2D eigenvalue weighted by Gasteiger charge is 2.42. The summed E-state index contributed by atoms with van der Waals surface area (Å²) in [4.78, 5) is 51.7. The van der Waals surface area contributed by atoms with Gasteiger partial charge < -0.3 is 19.3 Å². The van der Waals surface area contributed by atoms with Crippen LogP contribution in [0.25, 0.3) is 0 Å². The third-order valence-corrected chi connectivity index (χ3v) is 7.11. The Morgan fingerprint density at radius 1 is 1.20 bits per heavy atom. The fourth-order valence-electron chi connectivity index (χ4n) is 4.35. The van der Waals surface area contributed by atoms with Crippen molar-refractivity contribution in [3.63, 3.8) is 0 Å². The van der Waals surface area contributed by atoms with Crippen molar-refractivity contribution in [2.45, 2.75) is 95.3 Å². The van der Waals surface area contributed by atoms with Crippen LogP contribution in [0.2, 0.25) is 0 Å². The molecule has 1 aliphatic heterocycles. The Morgan fingerprint density at radius 3 is 2.33 bits per heavy atom. The zero-order valence-corrected chi connectivity index (χ0v) is 24.5. The summed E-state index contributed by atoms with van der Waals surface area (Å²) in [5.74, 6) is -1.79. The van der Waals surface area contributed by atoms with Gasteiger partial charge >= 0.3 is 18.2 Å². The van der Waals surface area contributed by atoms with Crippen LogP contribution in [-0.4, -0.2) is 75.3 Å². The first-order valence-corrected chi connectivity index (χ1v) is 13.8. The molecule has 0 saturated carbocycles. The molecule has 10 nitrogen and oxygen atoms in total. The normalized spacial score (nSPS) is 16.9. The van der Waals surface area contributed by atoms with Crippen LogP contribution in [0, 0.1) is 10.1 Å². The van der Waals surface area contributed by atoms with E-state index in [2.05, 4.69) is 0 Å². The molecule has 0 spiro atoms. The lowest BCUT2D eigenvalue weighted by atomic mass is 9.99. The van der Waals surface area contributed by atoms with Crippen molar-refractivity contribution in [2.24, 2.45) is 0 Å². The summed E-state index contributed by atoms with van der Waals surface area (Å²) < 4.78 is 53.1. The van der Waals surface area contributed by atoms with Gasteiger partial charge in [-0.1, -0.05) is 0 Å². The van der Waals surface area contributed by atoms with Gasteiger partial charge in [0.25, 0.3) is 11.6 Å². The lowest BCUT2D eigenvalue weighted by Crippen LogP contribution is -2.54. The second kappa shape index (κ2) is 13.1. The van der Waals surface area contributed by atoms with Crippen LogP contribution in [0.3, 0.4) is 0 Å². The van der Waals surface area contributed by atoms with Gasteiger partial charge in [0, 0.05) is 25.2 Å². The molecule has 2 amide bonds. The Labute approximate surface area is 235 Å². The largest absolute Gasteiger partial charge is 0.465 e. The molecule has 1 heterocycles. The monoisotopic (exact) mass is 591 g/mol. The van der Waals surface area contributed by atoms with Crippen LogP contribution in [-0.2, 0) is 20.4 Å². The van der Waals surface area contributed by atoms with Gasteiger partial charge in [-0.05, 0) is 67.4 Å². The van der Waals surface area contributed by atoms with Gasteiger partial charge in [-0.15, -0.1) is 11.8 Å². The van der Waals surface area contributed by atoms with Crippen LogP contribution in [0.1, 0.15) is 77.2 Å². The van der Waals surface area contributed by atoms with Gasteiger partial charge in [0.15, 0.2) is 0 Å². The number of hydrogen-bond donors (Lipinski definition) is 0. The summed E-state index contributed by atoms with van der Waals surface area (Å²) >= 11 is 0.549. The zero-order chi connectivity index (χ0) is 30.6. The number of nitrogens with zero attached hydrogens (tertiary/aromatic N) is 3. The number of hydrogen-bond acceptors (Lipinski definition) is 8. The first kappa shape index (κ1) is 33.2. The maximum Gasteiger partial charge on any atom is 0.417 e. The molecule has 14 heteroatoms. The predicted octanol–water partition coefficient (Wildman–Crippen LogP) is 5.91. The number of benzene rings is 1. The number of likely N-dealkylation sites (tertiary alicyclic amines) is 1. The number of carbonyl (C=O) groups excluding carboxylic acids is 3. The molecule has 1 saturated heterocycles. The number of carbonyl (C=O) groups is 3. The SMILES string of the molecule is CCOC(=O)C(C)Sc1cc(C(F)(F)F)c(C(=O)N(C(C)C)[C@@H]2CCCN(C(=O)OC(C)(C)C)C2)cc1[N+](=O)[O-]. The van der Waals surface area contributed by atoms with Crippen LogP contribution >= 0.6 is 11.8 Å². The minimum Gasteiger partial charge on any atom is -0.465 e. The molecule has 0 radical (unpaired) electrons. The molecule has 0 aromatic heterocycles. The molecule has 1 fully saturated rings. The highest BCUT2D eigenvalue weighted by atomic mass is 32.2. The number of halogens is 3. The number of thioether (sulfide) groups is 1. The van der Waals surface area contributed by atoms with Crippen molar-refractivity contribution in [3.8, 4) is 0 Å². The van der Waals surface area contributed by atoms with Crippen molar-refractivity contribution in [3.05, 3.63) is 33.4 Å². The van der Waals surface area contributed by atoms with E-state index in [4.69, 9.17) is 9.47 Å². The standard InChI is InChI=1S/C26H36F3N3O7S/c1-8-38-23(34)16(4)40-21-13-19(26(27,28)29)18(12-20(21)32(36)37)22(33)31(15(2)3)17-10-9-11-30(14-17)24(35)39-25(5,6)7/h12-13,15-17H,8-11,14H2,1-7H3/t16?,17-/m1/s1. The van der Waals surface area contributed by atoms with E-state index in [0.717, 1.165) is 0 Å². The molecule has 1 aromatic carbocycles. The quantitative estimate of drug-likeness (QED) is 0.159. The highest BCUT2D eigenvalue weighted by molar-refractivity contribution is 8.00. The van der Waals surface area contributed by atoms with Gasteiger partial charge in [-0.25, -0.2) is 4.79 Å². The fraction of sp³-hybridized carbons (Fsp3) is 0.654. The zero-order valence-electron chi connectivity index (χ0n) is 23.7. The lowest BCUT2D eigenvalue weighted by molar-refractivity contribution is -0.387. The van der Waals surface area contributed by atoms with Gasteiger partial charge in [0.2, 0.25) is 0 Å². The van der Waals surface area contributed by atoms with Crippen molar-refractivity contribution in [1.29, 1.82) is 0 Å². The summed E-state index contributed by atoms with van der Waals surface area (Å²) in [5.41, 5.74) is -3.73. The van der Waals surface area contributed by atoms with Crippen molar-refractivity contribution >= 4 is 35.4 Å². The topological polar surface area (TPSA) is 119 Å². The molecule has 224 valence electrons. The summed E-state index contributed by atoms with van der Waals surface area (Å²) in [6.07, 6.45) is -4.73. The van der Waals surface area contributed by atoms with E-state index in [1.54, 1.807) is 41.5 Å². The fourth-order valence-corrected chi connectivity index (χ4v) is 5.34. The van der Waals surface area contributed by atoms with E-state index in [0.29, 0.717) is 43.3 Å². The van der Waals surface area contributed by atoms with Gasteiger partial charge in [-0.2, -0.15) is 13.2 Å². The van der Waals surface area contributed by atoms with Crippen LogP contribution in [0.15, 0.2) is 17.0 Å². The number of piperidine rings is 1. The lowest BCUT2D eigenvalue weighted by Gasteiger charge is -2.41. The number of esters is 1. The molecule has 2 atom stereocenters. The maximum atomic E-state index is 14.3. The first-order chi connectivity index (χ1) is 18.4. The molecule has 1 aromatic rings. The van der Waals surface area contributed by atoms with E-state index >= 15 is 0 Å². The third-order valence-electron chi connectivity index (χ3n) is 5.99. The second-order valence-corrected chi connectivity index (χ2v) is 12.0. The predicted molar refractivity (Wildman–Crippen MR) is 142 cm³/mol. The molecule has 0 aliphatic carbocycles. The van der Waals surface area contributed by atoms with Crippen molar-refractivity contribution < 1.29 is 42.0 Å².